The maximum atomic E-state index is 11.8. The van der Waals surface area contributed by atoms with E-state index in [-0.39, 0.29) is 5.78 Å². The zero-order valence-electron chi connectivity index (χ0n) is 7.72. The van der Waals surface area contributed by atoms with Gasteiger partial charge in [0.25, 0.3) is 0 Å². The predicted molar refractivity (Wildman–Crippen MR) is 59.6 cm³/mol. The monoisotopic (exact) mass is 262 g/mol. The second kappa shape index (κ2) is 4.31. The lowest BCUT2D eigenvalue weighted by atomic mass is 10.1. The van der Waals surface area contributed by atoms with E-state index in [0.29, 0.717) is 11.3 Å². The van der Waals surface area contributed by atoms with Crippen LogP contribution in [0.4, 0.5) is 0 Å². The molecule has 15 heavy (non-hydrogen) atoms. The average Bonchev–Trinajstić information content (AvgIpc) is 2.30. The molecule has 0 bridgehead atoms. The highest BCUT2D eigenvalue weighted by Gasteiger charge is 2.09. The van der Waals surface area contributed by atoms with Crippen molar-refractivity contribution in [2.24, 2.45) is 0 Å². The summed E-state index contributed by atoms with van der Waals surface area (Å²) in [6.45, 7) is 0. The summed E-state index contributed by atoms with van der Waals surface area (Å²) in [7, 11) is 0. The van der Waals surface area contributed by atoms with E-state index in [1.54, 1.807) is 36.7 Å². The highest BCUT2D eigenvalue weighted by atomic mass is 79.9. The van der Waals surface area contributed by atoms with Crippen LogP contribution >= 0.6 is 15.9 Å². The second-order valence-electron chi connectivity index (χ2n) is 2.93. The first-order valence-corrected chi connectivity index (χ1v) is 5.13. The fraction of sp³-hybridized carbons (Fsp3) is 0. The predicted octanol–water partition coefficient (Wildman–Crippen LogP) is 2.47. The zero-order valence-corrected chi connectivity index (χ0v) is 9.31. The summed E-state index contributed by atoms with van der Waals surface area (Å²) in [5.74, 6) is -0.115. The van der Waals surface area contributed by atoms with Crippen LogP contribution in [0.3, 0.4) is 0 Å². The van der Waals surface area contributed by atoms with E-state index in [4.69, 9.17) is 0 Å². The minimum Gasteiger partial charge on any atom is -0.287 e. The first kappa shape index (κ1) is 9.98. The van der Waals surface area contributed by atoms with Gasteiger partial charge in [-0.3, -0.25) is 14.8 Å². The number of carbonyl (C=O) groups is 1. The Hall–Kier alpha value is -1.55. The van der Waals surface area contributed by atoms with Crippen molar-refractivity contribution >= 4 is 21.7 Å². The van der Waals surface area contributed by atoms with Crippen LogP contribution in [0.25, 0.3) is 0 Å². The minimum atomic E-state index is -0.115. The van der Waals surface area contributed by atoms with E-state index in [1.807, 2.05) is 0 Å². The van der Waals surface area contributed by atoms with E-state index >= 15 is 0 Å². The number of ketones is 1. The summed E-state index contributed by atoms with van der Waals surface area (Å²) in [6.07, 6.45) is 4.77. The molecule has 2 aromatic rings. The van der Waals surface area contributed by atoms with Crippen molar-refractivity contribution in [2.45, 2.75) is 0 Å². The zero-order chi connectivity index (χ0) is 10.7. The van der Waals surface area contributed by atoms with Crippen molar-refractivity contribution in [3.8, 4) is 0 Å². The largest absolute Gasteiger partial charge is 0.287 e. The lowest BCUT2D eigenvalue weighted by molar-refractivity contribution is 0.103. The molecule has 0 amide bonds. The lowest BCUT2D eigenvalue weighted by Crippen LogP contribution is -2.03. The van der Waals surface area contributed by atoms with Gasteiger partial charge in [-0.2, -0.15) is 0 Å². The van der Waals surface area contributed by atoms with Gasteiger partial charge in [-0.05, 0) is 40.2 Å². The summed E-state index contributed by atoms with van der Waals surface area (Å²) < 4.78 is 0.852. The van der Waals surface area contributed by atoms with Crippen molar-refractivity contribution < 1.29 is 4.79 Å². The van der Waals surface area contributed by atoms with Gasteiger partial charge in [0.1, 0.15) is 5.69 Å². The van der Waals surface area contributed by atoms with Crippen molar-refractivity contribution in [1.29, 1.82) is 0 Å². The number of hydrogen-bond donors (Lipinski definition) is 0. The minimum absolute atomic E-state index is 0.115. The molecule has 0 spiro atoms. The van der Waals surface area contributed by atoms with E-state index in [1.165, 1.54) is 6.20 Å². The van der Waals surface area contributed by atoms with Gasteiger partial charge >= 0.3 is 0 Å². The molecular weight excluding hydrogens is 256 g/mol. The van der Waals surface area contributed by atoms with Gasteiger partial charge in [-0.15, -0.1) is 0 Å². The molecule has 4 heteroatoms. The maximum absolute atomic E-state index is 11.8. The molecule has 2 rings (SSSR count). The summed E-state index contributed by atoms with van der Waals surface area (Å²) in [5, 5.41) is 0. The van der Waals surface area contributed by atoms with Gasteiger partial charge in [0, 0.05) is 28.6 Å². The van der Waals surface area contributed by atoms with Gasteiger partial charge in [-0.1, -0.05) is 0 Å². The third-order valence-electron chi connectivity index (χ3n) is 1.88. The van der Waals surface area contributed by atoms with Crippen LogP contribution in [0.5, 0.6) is 0 Å². The Labute approximate surface area is 95.3 Å². The summed E-state index contributed by atoms with van der Waals surface area (Å²) in [6, 6.07) is 6.92. The molecule has 0 saturated carbocycles. The summed E-state index contributed by atoms with van der Waals surface area (Å²) in [5.41, 5.74) is 0.971. The number of halogens is 1. The highest BCUT2D eigenvalue weighted by Crippen LogP contribution is 2.10. The number of rotatable bonds is 2. The average molecular weight is 263 g/mol. The van der Waals surface area contributed by atoms with Gasteiger partial charge < -0.3 is 0 Å². The van der Waals surface area contributed by atoms with Crippen molar-refractivity contribution in [1.82, 2.24) is 9.97 Å². The van der Waals surface area contributed by atoms with Crippen LogP contribution in [0.15, 0.2) is 47.3 Å². The molecule has 0 fully saturated rings. The molecule has 0 unspecified atom stereocenters. The van der Waals surface area contributed by atoms with Gasteiger partial charge in [0.05, 0.1) is 0 Å². The highest BCUT2D eigenvalue weighted by molar-refractivity contribution is 9.10. The molecule has 2 heterocycles. The van der Waals surface area contributed by atoms with Gasteiger partial charge in [0.2, 0.25) is 5.78 Å². The Balaban J connectivity index is 2.33. The SMILES string of the molecule is O=C(c1cccnc1)c1ccc(Br)cn1. The summed E-state index contributed by atoms with van der Waals surface area (Å²) in [4.78, 5) is 19.8. The molecule has 0 aliphatic carbocycles. The Morgan fingerprint density at radius 3 is 2.67 bits per heavy atom. The van der Waals surface area contributed by atoms with Crippen LogP contribution in [-0.2, 0) is 0 Å². The lowest BCUT2D eigenvalue weighted by Gasteiger charge is -1.99. The van der Waals surface area contributed by atoms with Crippen molar-refractivity contribution in [3.63, 3.8) is 0 Å². The molecule has 2 aromatic heterocycles. The maximum Gasteiger partial charge on any atom is 0.212 e. The topological polar surface area (TPSA) is 42.9 Å². The molecule has 0 aromatic carbocycles. The van der Waals surface area contributed by atoms with Crippen LogP contribution < -0.4 is 0 Å². The quantitative estimate of drug-likeness (QED) is 0.781. The second-order valence-corrected chi connectivity index (χ2v) is 3.85. The van der Waals surface area contributed by atoms with E-state index < -0.39 is 0 Å². The Morgan fingerprint density at radius 1 is 1.20 bits per heavy atom. The fourth-order valence-corrected chi connectivity index (χ4v) is 1.39. The molecular formula is C11H7BrN2O. The van der Waals surface area contributed by atoms with E-state index in [0.717, 1.165) is 4.47 Å². The first-order chi connectivity index (χ1) is 7.27. The van der Waals surface area contributed by atoms with E-state index in [2.05, 4.69) is 25.9 Å². The van der Waals surface area contributed by atoms with Crippen LogP contribution in [0.1, 0.15) is 16.1 Å². The molecule has 0 N–H and O–H groups in total. The third kappa shape index (κ3) is 2.27. The molecule has 0 aliphatic heterocycles. The molecule has 0 atom stereocenters. The van der Waals surface area contributed by atoms with E-state index in [9.17, 15) is 4.79 Å². The number of carbonyl (C=O) groups excluding carboxylic acids is 1. The Bertz CT molecular complexity index is 468. The number of hydrogen-bond acceptors (Lipinski definition) is 3. The number of nitrogens with zero attached hydrogens (tertiary/aromatic N) is 2. The van der Waals surface area contributed by atoms with Crippen LogP contribution in [0, 0.1) is 0 Å². The molecule has 0 saturated heterocycles. The fourth-order valence-electron chi connectivity index (χ4n) is 1.16. The first-order valence-electron chi connectivity index (χ1n) is 4.33. The molecule has 74 valence electrons. The molecule has 3 nitrogen and oxygen atoms in total. The molecule has 0 radical (unpaired) electrons. The Kier molecular flexibility index (Phi) is 2.87. The Morgan fingerprint density at radius 2 is 2.07 bits per heavy atom. The summed E-state index contributed by atoms with van der Waals surface area (Å²) >= 11 is 3.26. The third-order valence-corrected chi connectivity index (χ3v) is 2.35. The standard InChI is InChI=1S/C11H7BrN2O/c12-9-3-4-10(14-7-9)11(15)8-2-1-5-13-6-8/h1-7H. The smallest absolute Gasteiger partial charge is 0.212 e. The number of aromatic nitrogens is 2. The normalized spacial score (nSPS) is 9.93. The van der Waals surface area contributed by atoms with Crippen LogP contribution in [-0.4, -0.2) is 15.8 Å². The molecule has 0 aliphatic rings. The van der Waals surface area contributed by atoms with Gasteiger partial charge in [-0.25, -0.2) is 0 Å². The number of pyridine rings is 2. The van der Waals surface area contributed by atoms with Crippen molar-refractivity contribution in [2.75, 3.05) is 0 Å². The van der Waals surface area contributed by atoms with Crippen molar-refractivity contribution in [3.05, 3.63) is 58.6 Å². The van der Waals surface area contributed by atoms with Crippen LogP contribution in [0.2, 0.25) is 0 Å². The van der Waals surface area contributed by atoms with Gasteiger partial charge in [0.15, 0.2) is 0 Å².